The van der Waals surface area contributed by atoms with Gasteiger partial charge in [0.25, 0.3) is 0 Å². The van der Waals surface area contributed by atoms with E-state index >= 15 is 0 Å². The maximum absolute atomic E-state index is 12.4. The number of hydrogen-bond donors (Lipinski definition) is 3. The smallest absolute Gasteiger partial charge is 0.220 e. The summed E-state index contributed by atoms with van der Waals surface area (Å²) in [4.78, 5) is 12.4. The highest BCUT2D eigenvalue weighted by molar-refractivity contribution is 5.76. The molecule has 0 aromatic rings. The number of rotatable bonds is 43. The number of amides is 1. The van der Waals surface area contributed by atoms with Crippen molar-refractivity contribution in [1.29, 1.82) is 0 Å². The minimum atomic E-state index is -0.836. The third-order valence-corrected chi connectivity index (χ3v) is 10.9. The van der Waals surface area contributed by atoms with Crippen molar-refractivity contribution in [2.24, 2.45) is 0 Å². The van der Waals surface area contributed by atoms with Gasteiger partial charge in [0.15, 0.2) is 0 Å². The predicted octanol–water partition coefficient (Wildman–Crippen LogP) is 14.8. The maximum atomic E-state index is 12.4. The number of carbonyl (C=O) groups is 1. The summed E-state index contributed by atoms with van der Waals surface area (Å²) >= 11 is 0. The first-order valence-corrected chi connectivity index (χ1v) is 23.6. The Morgan fingerprint density at radius 2 is 0.731 bits per heavy atom. The summed E-state index contributed by atoms with van der Waals surface area (Å²) in [6.07, 6.45) is 57.3. The SMILES string of the molecule is CCCCCCCCCCCCC/C=C/C(O)C(CO)NC(=O)CCCCCCCCCCCCC/C=C\CCCCCCCCCCCCCC. The molecule has 308 valence electrons. The van der Waals surface area contributed by atoms with Crippen molar-refractivity contribution in [2.75, 3.05) is 6.61 Å². The Balaban J connectivity index is 3.48. The first kappa shape index (κ1) is 50.9. The highest BCUT2D eigenvalue weighted by atomic mass is 16.3. The molecule has 0 fully saturated rings. The van der Waals surface area contributed by atoms with Gasteiger partial charge in [-0.1, -0.05) is 231 Å². The van der Waals surface area contributed by atoms with Crippen LogP contribution in [0.3, 0.4) is 0 Å². The molecule has 0 saturated carbocycles. The molecule has 4 nitrogen and oxygen atoms in total. The molecule has 1 amide bonds. The standard InChI is InChI=1S/C48H93NO3/c1-3-5-7-9-11-13-15-17-18-19-20-21-22-23-24-25-26-27-28-29-30-32-34-36-38-40-42-44-48(52)49-46(45-50)47(51)43-41-39-37-35-33-31-16-14-12-10-8-6-4-2/h23-24,41,43,46-47,50-51H,3-22,25-40,42,44-45H2,1-2H3,(H,49,52)/b24-23-,43-41+. The predicted molar refractivity (Wildman–Crippen MR) is 230 cm³/mol. The van der Waals surface area contributed by atoms with Gasteiger partial charge in [-0.25, -0.2) is 0 Å². The lowest BCUT2D eigenvalue weighted by Gasteiger charge is -2.20. The summed E-state index contributed by atoms with van der Waals surface area (Å²) in [5.74, 6) is -0.0630. The van der Waals surface area contributed by atoms with E-state index in [2.05, 4.69) is 31.3 Å². The van der Waals surface area contributed by atoms with Gasteiger partial charge in [0.1, 0.15) is 0 Å². The van der Waals surface area contributed by atoms with Crippen molar-refractivity contribution in [2.45, 2.75) is 270 Å². The zero-order valence-electron chi connectivity index (χ0n) is 35.3. The molecule has 52 heavy (non-hydrogen) atoms. The van der Waals surface area contributed by atoms with E-state index in [0.717, 1.165) is 25.7 Å². The number of nitrogens with one attached hydrogen (secondary N) is 1. The van der Waals surface area contributed by atoms with Crippen LogP contribution in [0.2, 0.25) is 0 Å². The fourth-order valence-electron chi connectivity index (χ4n) is 7.29. The van der Waals surface area contributed by atoms with Crippen molar-refractivity contribution < 1.29 is 15.0 Å². The molecule has 3 N–H and O–H groups in total. The molecule has 0 aromatic carbocycles. The maximum Gasteiger partial charge on any atom is 0.220 e. The lowest BCUT2D eigenvalue weighted by atomic mass is 10.0. The number of aliphatic hydroxyl groups excluding tert-OH is 2. The molecule has 0 aliphatic carbocycles. The van der Waals surface area contributed by atoms with Gasteiger partial charge in [-0.3, -0.25) is 4.79 Å². The molecular weight excluding hydrogens is 639 g/mol. The van der Waals surface area contributed by atoms with E-state index in [4.69, 9.17) is 0 Å². The molecule has 0 aliphatic rings. The zero-order chi connectivity index (χ0) is 37.8. The van der Waals surface area contributed by atoms with Crippen LogP contribution < -0.4 is 5.32 Å². The Hall–Kier alpha value is -1.13. The molecular formula is C48H93NO3. The number of unbranched alkanes of at least 4 members (excludes halogenated alkanes) is 34. The van der Waals surface area contributed by atoms with E-state index in [-0.39, 0.29) is 12.5 Å². The number of aliphatic hydroxyl groups is 2. The summed E-state index contributed by atoms with van der Waals surface area (Å²) in [6.45, 7) is 4.32. The molecule has 0 aromatic heterocycles. The summed E-state index contributed by atoms with van der Waals surface area (Å²) in [7, 11) is 0. The van der Waals surface area contributed by atoms with Crippen molar-refractivity contribution in [1.82, 2.24) is 5.32 Å². The monoisotopic (exact) mass is 732 g/mol. The second-order valence-electron chi connectivity index (χ2n) is 16.2. The van der Waals surface area contributed by atoms with Gasteiger partial charge in [-0.15, -0.1) is 0 Å². The molecule has 0 saturated heterocycles. The first-order chi connectivity index (χ1) is 25.7. The molecule has 0 spiro atoms. The van der Waals surface area contributed by atoms with Crippen LogP contribution >= 0.6 is 0 Å². The summed E-state index contributed by atoms with van der Waals surface area (Å²) < 4.78 is 0. The highest BCUT2D eigenvalue weighted by Crippen LogP contribution is 2.16. The second-order valence-corrected chi connectivity index (χ2v) is 16.2. The van der Waals surface area contributed by atoms with Crippen LogP contribution in [0.15, 0.2) is 24.3 Å². The topological polar surface area (TPSA) is 69.6 Å². The Bertz CT molecular complexity index is 750. The fraction of sp³-hybridized carbons (Fsp3) is 0.896. The van der Waals surface area contributed by atoms with E-state index in [9.17, 15) is 15.0 Å². The fourth-order valence-corrected chi connectivity index (χ4v) is 7.29. The van der Waals surface area contributed by atoms with E-state index in [0.29, 0.717) is 6.42 Å². The first-order valence-electron chi connectivity index (χ1n) is 23.6. The Morgan fingerprint density at radius 3 is 1.06 bits per heavy atom. The van der Waals surface area contributed by atoms with E-state index in [1.807, 2.05) is 6.08 Å². The molecule has 0 radical (unpaired) electrons. The van der Waals surface area contributed by atoms with Gasteiger partial charge < -0.3 is 15.5 Å². The van der Waals surface area contributed by atoms with Crippen LogP contribution in [0.25, 0.3) is 0 Å². The normalized spacial score (nSPS) is 13.1. The molecule has 2 atom stereocenters. The Morgan fingerprint density at radius 1 is 0.442 bits per heavy atom. The third-order valence-electron chi connectivity index (χ3n) is 10.9. The molecule has 0 rings (SSSR count). The second kappa shape index (κ2) is 44.3. The van der Waals surface area contributed by atoms with E-state index in [1.54, 1.807) is 6.08 Å². The molecule has 4 heteroatoms. The van der Waals surface area contributed by atoms with Gasteiger partial charge in [-0.2, -0.15) is 0 Å². The molecule has 2 unspecified atom stereocenters. The zero-order valence-corrected chi connectivity index (χ0v) is 35.3. The molecule has 0 heterocycles. The van der Waals surface area contributed by atoms with Crippen LogP contribution in [-0.2, 0) is 4.79 Å². The van der Waals surface area contributed by atoms with E-state index in [1.165, 1.54) is 212 Å². The third kappa shape index (κ3) is 40.1. The minimum Gasteiger partial charge on any atom is -0.394 e. The quantitative estimate of drug-likeness (QED) is 0.0432. The Kier molecular flexibility index (Phi) is 43.3. The van der Waals surface area contributed by atoms with Gasteiger partial charge >= 0.3 is 0 Å². The van der Waals surface area contributed by atoms with Gasteiger partial charge in [0.2, 0.25) is 5.91 Å². The number of carbonyl (C=O) groups excluding carboxylic acids is 1. The average molecular weight is 732 g/mol. The lowest BCUT2D eigenvalue weighted by molar-refractivity contribution is -0.123. The number of allylic oxidation sites excluding steroid dienone is 3. The number of hydrogen-bond acceptors (Lipinski definition) is 3. The summed E-state index contributed by atoms with van der Waals surface area (Å²) in [5, 5.41) is 23.0. The van der Waals surface area contributed by atoms with Crippen molar-refractivity contribution >= 4 is 5.91 Å². The highest BCUT2D eigenvalue weighted by Gasteiger charge is 2.17. The van der Waals surface area contributed by atoms with Crippen molar-refractivity contribution in [3.63, 3.8) is 0 Å². The van der Waals surface area contributed by atoms with Gasteiger partial charge in [0, 0.05) is 6.42 Å². The molecule has 0 aliphatic heterocycles. The van der Waals surface area contributed by atoms with Crippen LogP contribution in [0.4, 0.5) is 0 Å². The van der Waals surface area contributed by atoms with Crippen molar-refractivity contribution in [3.8, 4) is 0 Å². The summed E-state index contributed by atoms with van der Waals surface area (Å²) in [6, 6.07) is -0.619. The van der Waals surface area contributed by atoms with Crippen LogP contribution in [0, 0.1) is 0 Å². The van der Waals surface area contributed by atoms with E-state index < -0.39 is 12.1 Å². The van der Waals surface area contributed by atoms with Gasteiger partial charge in [-0.05, 0) is 44.9 Å². The lowest BCUT2D eigenvalue weighted by Crippen LogP contribution is -2.45. The van der Waals surface area contributed by atoms with Crippen LogP contribution in [-0.4, -0.2) is 34.9 Å². The summed E-state index contributed by atoms with van der Waals surface area (Å²) in [5.41, 5.74) is 0. The largest absolute Gasteiger partial charge is 0.394 e. The van der Waals surface area contributed by atoms with Crippen molar-refractivity contribution in [3.05, 3.63) is 24.3 Å². The van der Waals surface area contributed by atoms with Gasteiger partial charge in [0.05, 0.1) is 18.8 Å². The van der Waals surface area contributed by atoms with Crippen LogP contribution in [0.5, 0.6) is 0 Å². The molecule has 0 bridgehead atoms. The van der Waals surface area contributed by atoms with Crippen LogP contribution in [0.1, 0.15) is 258 Å². The minimum absolute atomic E-state index is 0.0630. The Labute approximate surface area is 326 Å². The average Bonchev–Trinajstić information content (AvgIpc) is 3.15.